The van der Waals surface area contributed by atoms with Crippen LogP contribution in [0, 0.1) is 0 Å². The normalized spacial score (nSPS) is 10.3. The Balaban J connectivity index is 2.04. The molecule has 0 aliphatic heterocycles. The highest BCUT2D eigenvalue weighted by molar-refractivity contribution is 5.84. The molecule has 0 amide bonds. The summed E-state index contributed by atoms with van der Waals surface area (Å²) < 4.78 is 10.5. The number of furan rings is 1. The van der Waals surface area contributed by atoms with E-state index in [4.69, 9.17) is 14.3 Å². The van der Waals surface area contributed by atoms with Crippen molar-refractivity contribution in [3.63, 3.8) is 0 Å². The van der Waals surface area contributed by atoms with Gasteiger partial charge in [-0.25, -0.2) is 4.79 Å². The van der Waals surface area contributed by atoms with Crippen molar-refractivity contribution in [3.05, 3.63) is 53.5 Å². The van der Waals surface area contributed by atoms with Crippen molar-refractivity contribution >= 4 is 5.97 Å². The Labute approximate surface area is 105 Å². The van der Waals surface area contributed by atoms with E-state index in [1.807, 2.05) is 24.3 Å². The molecule has 0 bridgehead atoms. The molecule has 0 spiro atoms. The van der Waals surface area contributed by atoms with Gasteiger partial charge in [-0.2, -0.15) is 0 Å². The van der Waals surface area contributed by atoms with Crippen LogP contribution in [0.5, 0.6) is 5.75 Å². The Bertz CT molecular complexity index is 542. The van der Waals surface area contributed by atoms with Crippen LogP contribution in [0.4, 0.5) is 0 Å². The molecule has 2 rings (SSSR count). The minimum absolute atomic E-state index is 0.0231. The molecule has 2 aromatic rings. The second-order valence-electron chi connectivity index (χ2n) is 3.88. The van der Waals surface area contributed by atoms with E-state index in [0.717, 1.165) is 17.7 Å². The number of benzene rings is 1. The number of methoxy groups -OCH3 is 1. The molecule has 1 aromatic carbocycles. The minimum atomic E-state index is -1.04. The zero-order valence-electron chi connectivity index (χ0n) is 10.1. The van der Waals surface area contributed by atoms with Gasteiger partial charge in [-0.15, -0.1) is 0 Å². The zero-order chi connectivity index (χ0) is 13.0. The first-order valence-electron chi connectivity index (χ1n) is 5.64. The number of carboxylic acid groups (broad SMARTS) is 1. The standard InChI is InChI=1S/C14H14O4/c1-17-12-5-3-2-4-10(12)6-7-11-8-9-13(18-11)14(15)16/h2-5,8-9H,6-7H2,1H3,(H,15,16). The Morgan fingerprint density at radius 1 is 1.22 bits per heavy atom. The van der Waals surface area contributed by atoms with Crippen LogP contribution in [0.25, 0.3) is 0 Å². The Morgan fingerprint density at radius 3 is 2.67 bits per heavy atom. The number of rotatable bonds is 5. The third-order valence-corrected chi connectivity index (χ3v) is 2.71. The van der Waals surface area contributed by atoms with Gasteiger partial charge >= 0.3 is 5.97 Å². The van der Waals surface area contributed by atoms with E-state index in [0.29, 0.717) is 12.2 Å². The van der Waals surface area contributed by atoms with E-state index >= 15 is 0 Å². The highest BCUT2D eigenvalue weighted by Crippen LogP contribution is 2.20. The van der Waals surface area contributed by atoms with Gasteiger partial charge in [-0.05, 0) is 30.2 Å². The van der Waals surface area contributed by atoms with Gasteiger partial charge < -0.3 is 14.3 Å². The van der Waals surface area contributed by atoms with Crippen LogP contribution >= 0.6 is 0 Å². The Hall–Kier alpha value is -2.23. The summed E-state index contributed by atoms with van der Waals surface area (Å²) in [5.74, 6) is 0.435. The van der Waals surface area contributed by atoms with Crippen LogP contribution in [0.3, 0.4) is 0 Å². The SMILES string of the molecule is COc1ccccc1CCc1ccc(C(=O)O)o1. The maximum Gasteiger partial charge on any atom is 0.371 e. The number of hydrogen-bond donors (Lipinski definition) is 1. The molecule has 0 atom stereocenters. The predicted octanol–water partition coefficient (Wildman–Crippen LogP) is 2.77. The predicted molar refractivity (Wildman–Crippen MR) is 66.1 cm³/mol. The number of aryl methyl sites for hydroxylation is 2. The van der Waals surface area contributed by atoms with E-state index in [2.05, 4.69) is 0 Å². The summed E-state index contributed by atoms with van der Waals surface area (Å²) in [6.45, 7) is 0. The van der Waals surface area contributed by atoms with Crippen molar-refractivity contribution in [1.29, 1.82) is 0 Å². The topological polar surface area (TPSA) is 59.7 Å². The van der Waals surface area contributed by atoms with Crippen molar-refractivity contribution in [2.24, 2.45) is 0 Å². The number of aromatic carboxylic acids is 1. The summed E-state index contributed by atoms with van der Waals surface area (Å²) in [5, 5.41) is 8.75. The van der Waals surface area contributed by atoms with Crippen LogP contribution in [0.2, 0.25) is 0 Å². The van der Waals surface area contributed by atoms with Gasteiger partial charge in [0.1, 0.15) is 11.5 Å². The lowest BCUT2D eigenvalue weighted by atomic mass is 10.1. The fourth-order valence-electron chi connectivity index (χ4n) is 1.79. The van der Waals surface area contributed by atoms with Gasteiger partial charge in [-0.3, -0.25) is 0 Å². The van der Waals surface area contributed by atoms with Crippen LogP contribution < -0.4 is 4.74 Å². The Morgan fingerprint density at radius 2 is 2.00 bits per heavy atom. The van der Waals surface area contributed by atoms with Crippen LogP contribution in [0.1, 0.15) is 21.9 Å². The lowest BCUT2D eigenvalue weighted by molar-refractivity contribution is 0.0660. The zero-order valence-corrected chi connectivity index (χ0v) is 10.1. The molecule has 0 aliphatic carbocycles. The van der Waals surface area contributed by atoms with Gasteiger partial charge in [-0.1, -0.05) is 18.2 Å². The van der Waals surface area contributed by atoms with Crippen molar-refractivity contribution in [3.8, 4) is 5.75 Å². The van der Waals surface area contributed by atoms with Crippen molar-refractivity contribution in [2.45, 2.75) is 12.8 Å². The molecular weight excluding hydrogens is 232 g/mol. The average Bonchev–Trinajstić information content (AvgIpc) is 2.85. The van der Waals surface area contributed by atoms with Gasteiger partial charge in [0.05, 0.1) is 7.11 Å². The molecular formula is C14H14O4. The number of ether oxygens (including phenoxy) is 1. The fraction of sp³-hybridized carbons (Fsp3) is 0.214. The molecule has 0 saturated carbocycles. The molecule has 0 saturated heterocycles. The maximum absolute atomic E-state index is 10.7. The summed E-state index contributed by atoms with van der Waals surface area (Å²) in [6.07, 6.45) is 1.39. The van der Waals surface area contributed by atoms with Crippen molar-refractivity contribution in [1.82, 2.24) is 0 Å². The molecule has 4 heteroatoms. The van der Waals surface area contributed by atoms with E-state index in [1.54, 1.807) is 13.2 Å². The largest absolute Gasteiger partial charge is 0.496 e. The van der Waals surface area contributed by atoms with Gasteiger partial charge in [0.2, 0.25) is 5.76 Å². The molecule has 1 aromatic heterocycles. The van der Waals surface area contributed by atoms with Crippen molar-refractivity contribution < 1.29 is 19.1 Å². The molecule has 0 radical (unpaired) electrons. The van der Waals surface area contributed by atoms with Crippen LogP contribution in [-0.4, -0.2) is 18.2 Å². The highest BCUT2D eigenvalue weighted by Gasteiger charge is 2.09. The van der Waals surface area contributed by atoms with Crippen molar-refractivity contribution in [2.75, 3.05) is 7.11 Å². The summed E-state index contributed by atoms with van der Waals surface area (Å²) >= 11 is 0. The van der Waals surface area contributed by atoms with Crippen LogP contribution in [-0.2, 0) is 12.8 Å². The van der Waals surface area contributed by atoms with E-state index < -0.39 is 5.97 Å². The number of carbonyl (C=O) groups is 1. The molecule has 18 heavy (non-hydrogen) atoms. The first kappa shape index (κ1) is 12.2. The van der Waals surface area contributed by atoms with E-state index in [1.165, 1.54) is 6.07 Å². The second-order valence-corrected chi connectivity index (χ2v) is 3.88. The summed E-state index contributed by atoms with van der Waals surface area (Å²) in [4.78, 5) is 10.7. The molecule has 1 N–H and O–H groups in total. The third kappa shape index (κ3) is 2.71. The quantitative estimate of drug-likeness (QED) is 0.881. The monoisotopic (exact) mass is 246 g/mol. The number of hydrogen-bond acceptors (Lipinski definition) is 3. The van der Waals surface area contributed by atoms with Gasteiger partial charge in [0.15, 0.2) is 0 Å². The summed E-state index contributed by atoms with van der Waals surface area (Å²) in [6, 6.07) is 10.9. The molecule has 0 aliphatic rings. The molecule has 94 valence electrons. The fourth-order valence-corrected chi connectivity index (χ4v) is 1.79. The maximum atomic E-state index is 10.7. The first-order chi connectivity index (χ1) is 8.70. The van der Waals surface area contributed by atoms with E-state index in [-0.39, 0.29) is 5.76 Å². The van der Waals surface area contributed by atoms with E-state index in [9.17, 15) is 4.79 Å². The Kier molecular flexibility index (Phi) is 3.67. The van der Waals surface area contributed by atoms with Gasteiger partial charge in [0, 0.05) is 6.42 Å². The lowest BCUT2D eigenvalue weighted by Gasteiger charge is -2.06. The summed E-state index contributed by atoms with van der Waals surface area (Å²) in [7, 11) is 1.63. The average molecular weight is 246 g/mol. The number of para-hydroxylation sites is 1. The molecule has 4 nitrogen and oxygen atoms in total. The van der Waals surface area contributed by atoms with Gasteiger partial charge in [0.25, 0.3) is 0 Å². The minimum Gasteiger partial charge on any atom is -0.496 e. The van der Waals surface area contributed by atoms with Crippen LogP contribution in [0.15, 0.2) is 40.8 Å². The lowest BCUT2D eigenvalue weighted by Crippen LogP contribution is -1.95. The highest BCUT2D eigenvalue weighted by atomic mass is 16.5. The molecule has 1 heterocycles. The first-order valence-corrected chi connectivity index (χ1v) is 5.64. The number of carboxylic acids is 1. The molecule has 0 unspecified atom stereocenters. The third-order valence-electron chi connectivity index (χ3n) is 2.71. The summed E-state index contributed by atoms with van der Waals surface area (Å²) in [5.41, 5.74) is 1.08. The molecule has 0 fully saturated rings. The smallest absolute Gasteiger partial charge is 0.371 e. The second kappa shape index (κ2) is 5.40.